The maximum atomic E-state index is 12.1. The second-order valence-electron chi connectivity index (χ2n) is 8.12. The maximum absolute atomic E-state index is 12.1. The first-order valence-electron chi connectivity index (χ1n) is 10.1. The molecule has 1 aromatic carbocycles. The highest BCUT2D eigenvalue weighted by atomic mass is 32.2. The van der Waals surface area contributed by atoms with Gasteiger partial charge in [-0.2, -0.15) is 0 Å². The van der Waals surface area contributed by atoms with Crippen molar-refractivity contribution in [1.82, 2.24) is 15.6 Å². The van der Waals surface area contributed by atoms with Gasteiger partial charge in [0.25, 0.3) is 0 Å². The van der Waals surface area contributed by atoms with Crippen molar-refractivity contribution < 1.29 is 18.4 Å². The van der Waals surface area contributed by atoms with Gasteiger partial charge in [0.1, 0.15) is 0 Å². The number of hydrogen-bond acceptors (Lipinski definition) is 6. The molecule has 3 N–H and O–H groups in total. The number of aryl methyl sites for hydroxylation is 1. The van der Waals surface area contributed by atoms with Gasteiger partial charge in [-0.25, -0.2) is 4.21 Å². The number of pyridine rings is 1. The van der Waals surface area contributed by atoms with E-state index in [1.165, 1.54) is 0 Å². The molecule has 5 rings (SSSR count). The molecular weight excluding hydrogens is 390 g/mol. The molecule has 7 nitrogen and oxygen atoms in total. The summed E-state index contributed by atoms with van der Waals surface area (Å²) < 4.78 is 22.0. The van der Waals surface area contributed by atoms with E-state index < -0.39 is 28.9 Å². The summed E-state index contributed by atoms with van der Waals surface area (Å²) in [6.45, 7) is 2.51. The minimum atomic E-state index is -2.12. The quantitative estimate of drug-likeness (QED) is 0.489. The lowest BCUT2D eigenvalue weighted by Crippen LogP contribution is -2.69. The molecule has 29 heavy (non-hydrogen) atoms. The zero-order valence-electron chi connectivity index (χ0n) is 16.1. The molecule has 1 aromatic heterocycles. The molecule has 2 saturated carbocycles. The van der Waals surface area contributed by atoms with Gasteiger partial charge in [0.05, 0.1) is 17.0 Å². The number of likely N-dealkylation sites (N-methyl/N-ethyl adjacent to an activating group) is 1. The van der Waals surface area contributed by atoms with Crippen LogP contribution in [-0.2, 0) is 27.1 Å². The fourth-order valence-electron chi connectivity index (χ4n) is 4.66. The van der Waals surface area contributed by atoms with Crippen LogP contribution >= 0.6 is 0 Å². The van der Waals surface area contributed by atoms with Gasteiger partial charge < -0.3 is 9.87 Å². The first kappa shape index (κ1) is 19.0. The third-order valence-corrected chi connectivity index (χ3v) is 7.05. The summed E-state index contributed by atoms with van der Waals surface area (Å²) in [5.74, 6) is -0.311. The number of rotatable bonds is 6. The molecule has 2 fully saturated rings. The molecule has 1 heterocycles. The summed E-state index contributed by atoms with van der Waals surface area (Å²) in [5.41, 5.74) is 3.03. The number of carbonyl (C=O) groups excluding carboxylic acids is 2. The Morgan fingerprint density at radius 1 is 1.14 bits per heavy atom. The lowest BCUT2D eigenvalue weighted by Gasteiger charge is -2.36. The molecule has 2 aromatic rings. The van der Waals surface area contributed by atoms with E-state index >= 15 is 0 Å². The highest BCUT2D eigenvalue weighted by Gasteiger charge is 2.49. The van der Waals surface area contributed by atoms with Crippen LogP contribution in [0.5, 0.6) is 0 Å². The Morgan fingerprint density at radius 3 is 2.59 bits per heavy atom. The second-order valence-corrected chi connectivity index (χ2v) is 9.06. The minimum Gasteiger partial charge on any atom is -0.306 e. The van der Waals surface area contributed by atoms with E-state index in [1.54, 1.807) is 6.07 Å². The molecule has 0 spiro atoms. The monoisotopic (exact) mass is 413 g/mol. The van der Waals surface area contributed by atoms with Crippen molar-refractivity contribution in [2.24, 2.45) is 0 Å². The van der Waals surface area contributed by atoms with Gasteiger partial charge in [-0.15, -0.1) is 0 Å². The summed E-state index contributed by atoms with van der Waals surface area (Å²) in [5, 5.41) is 8.09. The summed E-state index contributed by atoms with van der Waals surface area (Å²) >= 11 is -2.12. The van der Waals surface area contributed by atoms with Crippen LogP contribution in [-0.4, -0.2) is 43.9 Å². The molecular formula is C21H23N3O4S. The second kappa shape index (κ2) is 7.05. The van der Waals surface area contributed by atoms with Crippen LogP contribution in [0.15, 0.2) is 23.2 Å². The van der Waals surface area contributed by atoms with Crippen molar-refractivity contribution in [1.29, 1.82) is 0 Å². The van der Waals surface area contributed by atoms with Crippen LogP contribution in [0, 0.1) is 0 Å². The number of nitrogens with zero attached hydrogens (tertiary/aromatic N) is 1. The predicted octanol–water partition coefficient (Wildman–Crippen LogP) is 1.77. The van der Waals surface area contributed by atoms with Gasteiger partial charge in [0.2, 0.25) is 11.6 Å². The van der Waals surface area contributed by atoms with Gasteiger partial charge in [0.15, 0.2) is 11.1 Å². The zero-order chi connectivity index (χ0) is 20.3. The molecule has 4 atom stereocenters. The van der Waals surface area contributed by atoms with E-state index in [2.05, 4.69) is 15.6 Å². The maximum Gasteiger partial charge on any atom is 0.219 e. The molecule has 3 aliphatic carbocycles. The lowest BCUT2D eigenvalue weighted by molar-refractivity contribution is -0.147. The van der Waals surface area contributed by atoms with E-state index in [4.69, 9.17) is 0 Å². The first-order valence-corrected chi connectivity index (χ1v) is 11.2. The highest BCUT2D eigenvalue weighted by Crippen LogP contribution is 2.43. The fraction of sp³-hybridized carbons (Fsp3) is 0.476. The fourth-order valence-corrected chi connectivity index (χ4v) is 5.25. The van der Waals surface area contributed by atoms with Crippen LogP contribution in [0.25, 0.3) is 10.8 Å². The smallest absolute Gasteiger partial charge is 0.219 e. The van der Waals surface area contributed by atoms with Crippen LogP contribution in [0.3, 0.4) is 0 Å². The molecule has 152 valence electrons. The van der Waals surface area contributed by atoms with Crippen molar-refractivity contribution in [3.05, 3.63) is 35.2 Å². The molecule has 3 aliphatic rings. The van der Waals surface area contributed by atoms with Crippen LogP contribution in [0.1, 0.15) is 55.0 Å². The average molecular weight is 413 g/mol. The highest BCUT2D eigenvalue weighted by molar-refractivity contribution is 7.79. The Labute approximate surface area is 170 Å². The molecule has 0 radical (unpaired) electrons. The van der Waals surface area contributed by atoms with Crippen LogP contribution in [0.4, 0.5) is 0 Å². The predicted molar refractivity (Wildman–Crippen MR) is 108 cm³/mol. The zero-order valence-corrected chi connectivity index (χ0v) is 16.9. The summed E-state index contributed by atoms with van der Waals surface area (Å²) in [6.07, 6.45) is 5.64. The number of fused-ring (bicyclic) bond motifs is 3. The average Bonchev–Trinajstić information content (AvgIpc) is 3.50. The Balaban J connectivity index is 1.52. The van der Waals surface area contributed by atoms with Gasteiger partial charge in [-0.3, -0.25) is 19.9 Å². The summed E-state index contributed by atoms with van der Waals surface area (Å²) in [4.78, 5) is 28.9. The molecule has 0 bridgehead atoms. The van der Waals surface area contributed by atoms with Crippen LogP contribution < -0.4 is 10.6 Å². The number of aromatic nitrogens is 1. The molecule has 0 saturated heterocycles. The Hall–Kier alpha value is -2.00. The van der Waals surface area contributed by atoms with E-state index in [1.807, 2.05) is 19.2 Å². The number of carbonyl (C=O) groups is 2. The lowest BCUT2D eigenvalue weighted by atomic mass is 9.82. The van der Waals surface area contributed by atoms with Gasteiger partial charge in [-0.05, 0) is 55.5 Å². The minimum absolute atomic E-state index is 0.136. The number of ketones is 2. The van der Waals surface area contributed by atoms with Crippen LogP contribution in [0.2, 0.25) is 0 Å². The van der Waals surface area contributed by atoms with Crippen molar-refractivity contribution in [2.75, 3.05) is 6.54 Å². The number of nitrogens with one attached hydrogen (secondary N) is 2. The normalized spacial score (nSPS) is 27.2. The summed E-state index contributed by atoms with van der Waals surface area (Å²) in [6, 6.07) is 2.58. The third-order valence-electron chi connectivity index (χ3n) is 6.34. The van der Waals surface area contributed by atoms with Crippen molar-refractivity contribution in [3.8, 4) is 0 Å². The van der Waals surface area contributed by atoms with Crippen molar-refractivity contribution in [2.45, 2.75) is 61.5 Å². The standard InChI is InChI=1S/C21H23N3O4S/c1-2-22-18-19(21(26)20(18)25)24-15-6-5-11-12(15)8-17(29(27)28)13-7-16(10-3-4-10)23-9-14(11)13/h7-10,15,18-19,22,24H,2-6H2,1H3,(H,27,28)/t15-,18?,19?/m0/s1. The number of benzene rings is 1. The summed E-state index contributed by atoms with van der Waals surface area (Å²) in [7, 11) is 0. The van der Waals surface area contributed by atoms with Crippen molar-refractivity contribution in [3.63, 3.8) is 0 Å². The molecule has 0 aliphatic heterocycles. The topological polar surface area (TPSA) is 108 Å². The van der Waals surface area contributed by atoms with E-state index in [-0.39, 0.29) is 11.8 Å². The van der Waals surface area contributed by atoms with Gasteiger partial charge in [-0.1, -0.05) is 6.92 Å². The van der Waals surface area contributed by atoms with E-state index in [9.17, 15) is 18.4 Å². The number of Topliss-reactive ketones (excluding diaryl/α,β-unsaturated/α-hetero) is 2. The van der Waals surface area contributed by atoms with E-state index in [0.717, 1.165) is 53.3 Å². The van der Waals surface area contributed by atoms with E-state index in [0.29, 0.717) is 17.4 Å². The Morgan fingerprint density at radius 2 is 1.90 bits per heavy atom. The van der Waals surface area contributed by atoms with Gasteiger partial charge >= 0.3 is 0 Å². The largest absolute Gasteiger partial charge is 0.306 e. The Bertz CT molecular complexity index is 1070. The molecule has 8 heteroatoms. The number of hydrogen-bond donors (Lipinski definition) is 3. The Kier molecular flexibility index (Phi) is 4.62. The third kappa shape index (κ3) is 3.06. The SMILES string of the molecule is CCNC1C(=O)C(=O)C1N[C@H]1CCc2c1cc(S(=O)O)c1cc(C3CC3)ncc21. The van der Waals surface area contributed by atoms with Crippen molar-refractivity contribution >= 4 is 33.4 Å². The molecule has 0 amide bonds. The first-order chi connectivity index (χ1) is 14.0. The van der Waals surface area contributed by atoms with Gasteiger partial charge in [0, 0.05) is 34.6 Å². The molecule has 3 unspecified atom stereocenters.